The summed E-state index contributed by atoms with van der Waals surface area (Å²) in [5.74, 6) is 0. The highest BCUT2D eigenvalue weighted by atomic mass is 32.1. The van der Waals surface area contributed by atoms with Gasteiger partial charge in [0.15, 0.2) is 0 Å². The van der Waals surface area contributed by atoms with E-state index in [2.05, 4.69) is 25.8 Å². The van der Waals surface area contributed by atoms with Gasteiger partial charge >= 0.3 is 12.2 Å². The molecule has 0 spiro atoms. The fourth-order valence-corrected chi connectivity index (χ4v) is 4.39. The van der Waals surface area contributed by atoms with Crippen LogP contribution >= 0.6 is 12.6 Å². The standard InChI is InChI=1S/C27H34N2O4S.CH3F/c1-9-11-17(10-2)22-23-19(14-15-28(22)24(30)32-26(3,4)5)20-16-18(34)12-13-21(20)29(23)25(31)33-27(6,7)8;1-2/h9-13,16,22,34H,1-2,14-15H2,3-8H3;1H3/b17-11+;. The summed E-state index contributed by atoms with van der Waals surface area (Å²) in [7, 11) is 0.500. The number of aromatic nitrogens is 1. The zero-order valence-electron chi connectivity index (χ0n) is 22.2. The monoisotopic (exact) mass is 516 g/mol. The van der Waals surface area contributed by atoms with E-state index in [0.29, 0.717) is 31.4 Å². The molecule has 1 aromatic heterocycles. The molecular formula is C28H37FN2O4S. The number of ether oxygens (including phenoxy) is 2. The summed E-state index contributed by atoms with van der Waals surface area (Å²) < 4.78 is 22.6. The second kappa shape index (κ2) is 11.4. The SMILES string of the molecule is C=C/C=C(\C=C)C1c2c(c3cc(S)ccc3n2C(=O)OC(C)(C)C)CCN1C(=O)OC(C)(C)C.CF. The lowest BCUT2D eigenvalue weighted by molar-refractivity contribution is 0.0163. The van der Waals surface area contributed by atoms with Crippen molar-refractivity contribution in [3.63, 3.8) is 0 Å². The fraction of sp³-hybridized carbons (Fsp3) is 0.429. The van der Waals surface area contributed by atoms with Crippen LogP contribution in [0.4, 0.5) is 14.0 Å². The number of halogens is 1. The predicted molar refractivity (Wildman–Crippen MR) is 146 cm³/mol. The molecule has 8 heteroatoms. The van der Waals surface area contributed by atoms with Crippen molar-refractivity contribution in [2.45, 2.75) is 70.1 Å². The maximum Gasteiger partial charge on any atom is 0.419 e. The van der Waals surface area contributed by atoms with E-state index in [1.54, 1.807) is 27.7 Å². The van der Waals surface area contributed by atoms with Crippen LogP contribution in [0.5, 0.6) is 0 Å². The van der Waals surface area contributed by atoms with Crippen LogP contribution in [0, 0.1) is 0 Å². The summed E-state index contributed by atoms with van der Waals surface area (Å²) in [4.78, 5) is 29.3. The summed E-state index contributed by atoms with van der Waals surface area (Å²) in [6, 6.07) is 5.03. The third kappa shape index (κ3) is 6.40. The highest BCUT2D eigenvalue weighted by molar-refractivity contribution is 7.80. The molecule has 0 bridgehead atoms. The van der Waals surface area contributed by atoms with Gasteiger partial charge < -0.3 is 9.47 Å². The molecule has 2 aromatic rings. The number of alkyl halides is 1. The number of hydrogen-bond donors (Lipinski definition) is 1. The minimum Gasteiger partial charge on any atom is -0.444 e. The van der Waals surface area contributed by atoms with Gasteiger partial charge in [-0.15, -0.1) is 12.6 Å². The number of nitrogens with zero attached hydrogens (tertiary/aromatic N) is 2. The second-order valence-electron chi connectivity index (χ2n) is 10.3. The topological polar surface area (TPSA) is 60.8 Å². The third-order valence-electron chi connectivity index (χ3n) is 5.34. The van der Waals surface area contributed by atoms with E-state index >= 15 is 0 Å². The van der Waals surface area contributed by atoms with Crippen LogP contribution < -0.4 is 0 Å². The molecule has 1 atom stereocenters. The first-order valence-electron chi connectivity index (χ1n) is 11.7. The van der Waals surface area contributed by atoms with Crippen LogP contribution in [0.3, 0.4) is 0 Å². The molecule has 196 valence electrons. The van der Waals surface area contributed by atoms with Gasteiger partial charge in [-0.1, -0.05) is 31.4 Å². The van der Waals surface area contributed by atoms with Crippen LogP contribution in [0.25, 0.3) is 10.9 Å². The smallest absolute Gasteiger partial charge is 0.419 e. The minimum absolute atomic E-state index is 0.416. The molecule has 1 aromatic carbocycles. The first-order chi connectivity index (χ1) is 16.8. The first-order valence-corrected chi connectivity index (χ1v) is 12.1. The Bertz CT molecular complexity index is 1180. The summed E-state index contributed by atoms with van der Waals surface area (Å²) in [6.45, 7) is 19.2. The van der Waals surface area contributed by atoms with Gasteiger partial charge in [-0.3, -0.25) is 9.29 Å². The summed E-state index contributed by atoms with van der Waals surface area (Å²) in [5.41, 5.74) is 1.69. The van der Waals surface area contributed by atoms with E-state index in [9.17, 15) is 14.0 Å². The molecule has 2 heterocycles. The molecule has 0 fully saturated rings. The quantitative estimate of drug-likeness (QED) is 0.340. The van der Waals surface area contributed by atoms with Crippen LogP contribution in [0.1, 0.15) is 58.8 Å². The van der Waals surface area contributed by atoms with E-state index < -0.39 is 29.4 Å². The lowest BCUT2D eigenvalue weighted by Crippen LogP contribution is -2.44. The maximum atomic E-state index is 13.5. The number of carbonyl (C=O) groups is 2. The van der Waals surface area contributed by atoms with Crippen molar-refractivity contribution < 1.29 is 23.5 Å². The molecule has 0 radical (unpaired) electrons. The second-order valence-corrected chi connectivity index (χ2v) is 10.8. The van der Waals surface area contributed by atoms with Crippen molar-refractivity contribution in [2.75, 3.05) is 13.7 Å². The zero-order chi connectivity index (χ0) is 27.4. The largest absolute Gasteiger partial charge is 0.444 e. The van der Waals surface area contributed by atoms with Gasteiger partial charge in [0.1, 0.15) is 17.2 Å². The van der Waals surface area contributed by atoms with Crippen molar-refractivity contribution in [2.24, 2.45) is 0 Å². The zero-order valence-corrected chi connectivity index (χ0v) is 23.1. The number of fused-ring (bicyclic) bond motifs is 3. The molecule has 0 saturated carbocycles. The average Bonchev–Trinajstić information content (AvgIpc) is 3.10. The summed E-state index contributed by atoms with van der Waals surface area (Å²) >= 11 is 4.52. The Kier molecular flexibility index (Phi) is 9.23. The lowest BCUT2D eigenvalue weighted by Gasteiger charge is -2.38. The Morgan fingerprint density at radius 3 is 2.17 bits per heavy atom. The third-order valence-corrected chi connectivity index (χ3v) is 5.61. The number of thiol groups is 1. The van der Waals surface area contributed by atoms with Crippen LogP contribution in [0.15, 0.2) is 60.1 Å². The molecule has 1 amide bonds. The van der Waals surface area contributed by atoms with Crippen LogP contribution in [0.2, 0.25) is 0 Å². The number of hydrogen-bond acceptors (Lipinski definition) is 5. The number of amides is 1. The van der Waals surface area contributed by atoms with Gasteiger partial charge in [0.25, 0.3) is 0 Å². The average molecular weight is 517 g/mol. The number of allylic oxidation sites excluding steroid dienone is 2. The van der Waals surface area contributed by atoms with Gasteiger partial charge in [0, 0.05) is 16.8 Å². The summed E-state index contributed by atoms with van der Waals surface area (Å²) in [6.07, 6.45) is 4.70. The molecule has 3 rings (SSSR count). The first kappa shape index (κ1) is 29.2. The predicted octanol–water partition coefficient (Wildman–Crippen LogP) is 7.43. The Hall–Kier alpha value is -3.00. The molecular weight excluding hydrogens is 479 g/mol. The molecule has 1 aliphatic heterocycles. The van der Waals surface area contributed by atoms with Gasteiger partial charge in [-0.25, -0.2) is 14.2 Å². The van der Waals surface area contributed by atoms with Crippen molar-refractivity contribution in [1.29, 1.82) is 0 Å². The van der Waals surface area contributed by atoms with E-state index in [4.69, 9.17) is 9.47 Å². The van der Waals surface area contributed by atoms with Gasteiger partial charge in [-0.05, 0) is 77.3 Å². The van der Waals surface area contributed by atoms with E-state index in [0.717, 1.165) is 21.4 Å². The van der Waals surface area contributed by atoms with Crippen molar-refractivity contribution in [1.82, 2.24) is 9.47 Å². The van der Waals surface area contributed by atoms with Crippen LogP contribution in [-0.2, 0) is 15.9 Å². The Balaban J connectivity index is 0.00000222. The Morgan fingerprint density at radius 1 is 1.06 bits per heavy atom. The molecule has 1 aliphatic rings. The highest BCUT2D eigenvalue weighted by Gasteiger charge is 2.40. The van der Waals surface area contributed by atoms with Crippen LogP contribution in [-0.4, -0.2) is 46.6 Å². The van der Waals surface area contributed by atoms with Gasteiger partial charge in [0.2, 0.25) is 0 Å². The molecule has 6 nitrogen and oxygen atoms in total. The summed E-state index contributed by atoms with van der Waals surface area (Å²) in [5, 5.41) is 0.907. The number of benzene rings is 1. The van der Waals surface area contributed by atoms with Gasteiger partial charge in [0.05, 0.1) is 18.4 Å². The normalized spacial score (nSPS) is 16.0. The van der Waals surface area contributed by atoms with Gasteiger partial charge in [-0.2, -0.15) is 0 Å². The Labute approximate surface area is 218 Å². The molecule has 0 saturated heterocycles. The maximum absolute atomic E-state index is 13.5. The fourth-order valence-electron chi connectivity index (χ4n) is 4.19. The van der Waals surface area contributed by atoms with Crippen molar-refractivity contribution in [3.05, 3.63) is 66.4 Å². The molecule has 0 N–H and O–H groups in total. The minimum atomic E-state index is -0.697. The number of rotatable bonds is 3. The van der Waals surface area contributed by atoms with E-state index in [1.807, 2.05) is 59.7 Å². The van der Waals surface area contributed by atoms with E-state index in [1.165, 1.54) is 0 Å². The van der Waals surface area contributed by atoms with Crippen molar-refractivity contribution >= 4 is 35.7 Å². The molecule has 0 aliphatic carbocycles. The lowest BCUT2D eigenvalue weighted by atomic mass is 9.92. The molecule has 1 unspecified atom stereocenters. The molecule has 36 heavy (non-hydrogen) atoms. The Morgan fingerprint density at radius 2 is 1.64 bits per heavy atom. The number of carbonyl (C=O) groups excluding carboxylic acids is 2. The van der Waals surface area contributed by atoms with E-state index in [-0.39, 0.29) is 0 Å². The van der Waals surface area contributed by atoms with Crippen molar-refractivity contribution in [3.8, 4) is 0 Å². The highest BCUT2D eigenvalue weighted by Crippen LogP contribution is 2.42.